The Bertz CT molecular complexity index is 545. The van der Waals surface area contributed by atoms with Gasteiger partial charge in [-0.25, -0.2) is 4.79 Å². The largest absolute Gasteiger partial charge is 0.475 e. The Hall–Kier alpha value is -1.81. The highest BCUT2D eigenvalue weighted by Crippen LogP contribution is 2.27. The topological polar surface area (TPSA) is 63.3 Å². The number of nitrogens with zero attached hydrogens (tertiary/aromatic N) is 1. The van der Waals surface area contributed by atoms with Gasteiger partial charge in [-0.3, -0.25) is 0 Å². The Labute approximate surface area is 103 Å². The summed E-state index contributed by atoms with van der Waals surface area (Å²) in [6.07, 6.45) is 0.545. The van der Waals surface area contributed by atoms with Crippen LogP contribution in [0.25, 0.3) is 11.3 Å². The smallest absolute Gasteiger partial charge is 0.375 e. The Morgan fingerprint density at radius 2 is 2.06 bits per heavy atom. The molecule has 17 heavy (non-hydrogen) atoms. The lowest BCUT2D eigenvalue weighted by atomic mass is 10.0. The minimum atomic E-state index is -1.10. The van der Waals surface area contributed by atoms with Crippen molar-refractivity contribution < 1.29 is 14.4 Å². The van der Waals surface area contributed by atoms with E-state index < -0.39 is 5.97 Å². The Morgan fingerprint density at radius 3 is 2.59 bits per heavy atom. The SMILES string of the molecule is CCc1c(-c2ccc(Cl)cc2)noc1C(=O)O. The van der Waals surface area contributed by atoms with E-state index in [4.69, 9.17) is 21.2 Å². The number of hydrogen-bond donors (Lipinski definition) is 1. The summed E-state index contributed by atoms with van der Waals surface area (Å²) in [7, 11) is 0. The summed E-state index contributed by atoms with van der Waals surface area (Å²) < 4.78 is 4.85. The number of carboxylic acid groups (broad SMARTS) is 1. The second kappa shape index (κ2) is 4.59. The van der Waals surface area contributed by atoms with Crippen molar-refractivity contribution in [3.63, 3.8) is 0 Å². The van der Waals surface area contributed by atoms with Crippen LogP contribution in [0.5, 0.6) is 0 Å². The fraction of sp³-hybridized carbons (Fsp3) is 0.167. The van der Waals surface area contributed by atoms with Crippen LogP contribution in [0.15, 0.2) is 28.8 Å². The van der Waals surface area contributed by atoms with Crippen molar-refractivity contribution in [3.05, 3.63) is 40.6 Å². The third kappa shape index (κ3) is 2.17. The lowest BCUT2D eigenvalue weighted by Crippen LogP contribution is -1.98. The predicted molar refractivity (Wildman–Crippen MR) is 63.3 cm³/mol. The van der Waals surface area contributed by atoms with Gasteiger partial charge in [0.2, 0.25) is 5.76 Å². The van der Waals surface area contributed by atoms with Gasteiger partial charge in [0.15, 0.2) is 0 Å². The molecule has 0 aliphatic rings. The van der Waals surface area contributed by atoms with Gasteiger partial charge in [-0.15, -0.1) is 0 Å². The van der Waals surface area contributed by atoms with Gasteiger partial charge in [0, 0.05) is 16.1 Å². The second-order valence-corrected chi connectivity index (χ2v) is 3.94. The molecule has 0 aliphatic heterocycles. The van der Waals surface area contributed by atoms with Crippen molar-refractivity contribution in [1.82, 2.24) is 5.16 Å². The van der Waals surface area contributed by atoms with Crippen molar-refractivity contribution in [1.29, 1.82) is 0 Å². The number of benzene rings is 1. The quantitative estimate of drug-likeness (QED) is 0.909. The molecule has 0 amide bonds. The summed E-state index contributed by atoms with van der Waals surface area (Å²) in [5, 5.41) is 13.4. The Morgan fingerprint density at radius 1 is 1.41 bits per heavy atom. The zero-order valence-corrected chi connectivity index (χ0v) is 9.86. The summed E-state index contributed by atoms with van der Waals surface area (Å²) >= 11 is 5.79. The van der Waals surface area contributed by atoms with Crippen LogP contribution in [-0.2, 0) is 6.42 Å². The molecule has 5 heteroatoms. The predicted octanol–water partition coefficient (Wildman–Crippen LogP) is 3.26. The van der Waals surface area contributed by atoms with Gasteiger partial charge in [0.1, 0.15) is 5.69 Å². The van der Waals surface area contributed by atoms with Crippen molar-refractivity contribution in [2.24, 2.45) is 0 Å². The molecule has 1 heterocycles. The summed E-state index contributed by atoms with van der Waals surface area (Å²) in [4.78, 5) is 10.9. The van der Waals surface area contributed by atoms with Gasteiger partial charge < -0.3 is 9.63 Å². The van der Waals surface area contributed by atoms with Crippen molar-refractivity contribution >= 4 is 17.6 Å². The van der Waals surface area contributed by atoms with Crippen LogP contribution in [-0.4, -0.2) is 16.2 Å². The molecule has 0 bridgehead atoms. The molecule has 2 rings (SSSR count). The van der Waals surface area contributed by atoms with E-state index in [0.29, 0.717) is 22.7 Å². The molecule has 0 radical (unpaired) electrons. The van der Waals surface area contributed by atoms with Crippen LogP contribution in [0.1, 0.15) is 23.0 Å². The number of carboxylic acids is 1. The second-order valence-electron chi connectivity index (χ2n) is 3.50. The highest BCUT2D eigenvalue weighted by molar-refractivity contribution is 6.30. The first kappa shape index (κ1) is 11.7. The molecule has 0 saturated heterocycles. The highest BCUT2D eigenvalue weighted by atomic mass is 35.5. The summed E-state index contributed by atoms with van der Waals surface area (Å²) in [6, 6.07) is 7.02. The first-order valence-electron chi connectivity index (χ1n) is 5.11. The first-order valence-corrected chi connectivity index (χ1v) is 5.49. The van der Waals surface area contributed by atoms with E-state index in [9.17, 15) is 4.79 Å². The van der Waals surface area contributed by atoms with Gasteiger partial charge >= 0.3 is 5.97 Å². The minimum absolute atomic E-state index is 0.0996. The number of aromatic carboxylic acids is 1. The average molecular weight is 252 g/mol. The van der Waals surface area contributed by atoms with E-state index in [-0.39, 0.29) is 5.76 Å². The van der Waals surface area contributed by atoms with E-state index >= 15 is 0 Å². The molecule has 1 N–H and O–H groups in total. The maximum Gasteiger partial charge on any atom is 0.375 e. The highest BCUT2D eigenvalue weighted by Gasteiger charge is 2.20. The Balaban J connectivity index is 2.52. The molecule has 0 atom stereocenters. The monoisotopic (exact) mass is 251 g/mol. The summed E-state index contributed by atoms with van der Waals surface area (Å²) in [5.41, 5.74) is 1.95. The fourth-order valence-corrected chi connectivity index (χ4v) is 1.77. The number of hydrogen-bond acceptors (Lipinski definition) is 3. The van der Waals surface area contributed by atoms with Gasteiger partial charge in [0.25, 0.3) is 0 Å². The number of aromatic nitrogens is 1. The molecule has 1 aromatic carbocycles. The number of rotatable bonds is 3. The van der Waals surface area contributed by atoms with Crippen LogP contribution in [0.4, 0.5) is 0 Å². The van der Waals surface area contributed by atoms with Gasteiger partial charge in [-0.05, 0) is 18.6 Å². The van der Waals surface area contributed by atoms with Gasteiger partial charge in [-0.1, -0.05) is 35.8 Å². The van der Waals surface area contributed by atoms with Crippen LogP contribution >= 0.6 is 11.6 Å². The minimum Gasteiger partial charge on any atom is -0.475 e. The zero-order chi connectivity index (χ0) is 12.4. The van der Waals surface area contributed by atoms with Crippen LogP contribution in [0, 0.1) is 0 Å². The molecule has 1 aromatic heterocycles. The summed E-state index contributed by atoms with van der Waals surface area (Å²) in [6.45, 7) is 1.86. The van der Waals surface area contributed by atoms with E-state index in [1.54, 1.807) is 24.3 Å². The molecular weight excluding hydrogens is 242 g/mol. The fourth-order valence-electron chi connectivity index (χ4n) is 1.64. The van der Waals surface area contributed by atoms with Crippen molar-refractivity contribution in [2.45, 2.75) is 13.3 Å². The molecular formula is C12H10ClNO3. The molecule has 0 aliphatic carbocycles. The molecule has 0 spiro atoms. The maximum absolute atomic E-state index is 10.9. The third-order valence-electron chi connectivity index (χ3n) is 2.45. The van der Waals surface area contributed by atoms with Crippen LogP contribution < -0.4 is 0 Å². The van der Waals surface area contributed by atoms with Gasteiger partial charge in [0.05, 0.1) is 0 Å². The molecule has 0 fully saturated rings. The first-order chi connectivity index (χ1) is 8.13. The molecule has 0 unspecified atom stereocenters. The Kier molecular flexibility index (Phi) is 3.15. The van der Waals surface area contributed by atoms with Crippen LogP contribution in [0.3, 0.4) is 0 Å². The van der Waals surface area contributed by atoms with E-state index in [1.165, 1.54) is 0 Å². The lowest BCUT2D eigenvalue weighted by Gasteiger charge is -1.99. The lowest BCUT2D eigenvalue weighted by molar-refractivity contribution is 0.0650. The molecule has 0 saturated carbocycles. The average Bonchev–Trinajstić information content (AvgIpc) is 2.73. The van der Waals surface area contributed by atoms with Gasteiger partial charge in [-0.2, -0.15) is 0 Å². The third-order valence-corrected chi connectivity index (χ3v) is 2.71. The number of halogens is 1. The molecule has 4 nitrogen and oxygen atoms in total. The molecule has 2 aromatic rings. The molecule has 88 valence electrons. The van der Waals surface area contributed by atoms with E-state index in [2.05, 4.69) is 5.16 Å². The number of carbonyl (C=O) groups is 1. The summed E-state index contributed by atoms with van der Waals surface area (Å²) in [5.74, 6) is -1.20. The van der Waals surface area contributed by atoms with Crippen molar-refractivity contribution in [2.75, 3.05) is 0 Å². The zero-order valence-electron chi connectivity index (χ0n) is 9.11. The van der Waals surface area contributed by atoms with E-state index in [1.807, 2.05) is 6.92 Å². The maximum atomic E-state index is 10.9. The standard InChI is InChI=1S/C12H10ClNO3/c1-2-9-10(14-17-11(9)12(15)16)7-3-5-8(13)6-4-7/h3-6H,2H2,1H3,(H,15,16). The van der Waals surface area contributed by atoms with Crippen LogP contribution in [0.2, 0.25) is 5.02 Å². The van der Waals surface area contributed by atoms with E-state index in [0.717, 1.165) is 5.56 Å². The van der Waals surface area contributed by atoms with Crippen molar-refractivity contribution in [3.8, 4) is 11.3 Å². The normalized spacial score (nSPS) is 10.5.